The van der Waals surface area contributed by atoms with Gasteiger partial charge in [0.2, 0.25) is 0 Å². The third-order valence-corrected chi connectivity index (χ3v) is 8.33. The van der Waals surface area contributed by atoms with Crippen LogP contribution < -0.4 is 10.2 Å². The minimum absolute atomic E-state index is 0.0736. The summed E-state index contributed by atoms with van der Waals surface area (Å²) in [6, 6.07) is 13.1. The first-order valence-corrected chi connectivity index (χ1v) is 13.4. The molecule has 1 saturated heterocycles. The van der Waals surface area contributed by atoms with Crippen LogP contribution in [0.3, 0.4) is 0 Å². The summed E-state index contributed by atoms with van der Waals surface area (Å²) in [7, 11) is -3.22. The highest BCUT2D eigenvalue weighted by atomic mass is 32.2. The summed E-state index contributed by atoms with van der Waals surface area (Å²) in [5.41, 5.74) is 3.96. The number of morpholine rings is 1. The van der Waals surface area contributed by atoms with E-state index in [1.807, 2.05) is 12.1 Å². The van der Waals surface area contributed by atoms with Gasteiger partial charge in [-0.15, -0.1) is 0 Å². The minimum Gasteiger partial charge on any atom is -0.379 e. The summed E-state index contributed by atoms with van der Waals surface area (Å²) in [5.74, 6) is -0.0489. The normalized spacial score (nSPS) is 18.8. The van der Waals surface area contributed by atoms with Crippen molar-refractivity contribution in [1.82, 2.24) is 10.2 Å². The fraction of sp³-hybridized carbons (Fsp3) is 0.480. The molecule has 178 valence electrons. The predicted molar refractivity (Wildman–Crippen MR) is 130 cm³/mol. The van der Waals surface area contributed by atoms with Gasteiger partial charge >= 0.3 is 0 Å². The second kappa shape index (κ2) is 10.2. The number of carbonyl (C=O) groups excluding carboxylic acids is 1. The molecule has 1 N–H and O–H groups in total. The Balaban J connectivity index is 1.39. The summed E-state index contributed by atoms with van der Waals surface area (Å²) in [5, 5.41) is 2.96. The van der Waals surface area contributed by atoms with Crippen LogP contribution in [0.2, 0.25) is 0 Å². The Labute approximate surface area is 196 Å². The van der Waals surface area contributed by atoms with Gasteiger partial charge in [0.05, 0.1) is 23.9 Å². The number of hydrogen-bond donors (Lipinski definition) is 1. The minimum atomic E-state index is -3.22. The molecule has 0 bridgehead atoms. The van der Waals surface area contributed by atoms with E-state index in [2.05, 4.69) is 28.1 Å². The van der Waals surface area contributed by atoms with Gasteiger partial charge < -0.3 is 15.0 Å². The molecule has 0 aliphatic carbocycles. The lowest BCUT2D eigenvalue weighted by Gasteiger charge is -2.33. The molecule has 2 aromatic carbocycles. The van der Waals surface area contributed by atoms with Crippen LogP contribution in [0.5, 0.6) is 0 Å². The first-order valence-electron chi connectivity index (χ1n) is 11.7. The van der Waals surface area contributed by atoms with Crippen molar-refractivity contribution in [2.75, 3.05) is 50.0 Å². The molecular formula is C25H33N3O4S. The largest absolute Gasteiger partial charge is 0.379 e. The first-order chi connectivity index (χ1) is 15.9. The fourth-order valence-electron chi connectivity index (χ4n) is 4.67. The second-order valence-corrected chi connectivity index (χ2v) is 10.9. The molecule has 0 spiro atoms. The molecule has 1 fully saturated rings. The van der Waals surface area contributed by atoms with Crippen molar-refractivity contribution in [2.45, 2.75) is 37.8 Å². The number of likely N-dealkylation sites (N-methyl/N-ethyl adjacent to an activating group) is 1. The Hall–Kier alpha value is -2.42. The number of benzene rings is 2. The van der Waals surface area contributed by atoms with E-state index in [0.29, 0.717) is 23.0 Å². The zero-order valence-corrected chi connectivity index (χ0v) is 20.2. The summed E-state index contributed by atoms with van der Waals surface area (Å²) in [4.78, 5) is 18.0. The molecule has 2 heterocycles. The molecule has 0 radical (unpaired) electrons. The number of nitrogens with zero attached hydrogens (tertiary/aromatic N) is 2. The van der Waals surface area contributed by atoms with Gasteiger partial charge in [0.25, 0.3) is 5.91 Å². The molecular weight excluding hydrogens is 438 g/mol. The van der Waals surface area contributed by atoms with Crippen LogP contribution in [0.1, 0.15) is 35.3 Å². The number of hydrogen-bond acceptors (Lipinski definition) is 6. The van der Waals surface area contributed by atoms with E-state index in [-0.39, 0.29) is 11.7 Å². The average Bonchev–Trinajstić information content (AvgIpc) is 3.19. The Morgan fingerprint density at radius 3 is 2.48 bits per heavy atom. The zero-order chi connectivity index (χ0) is 23.4. The van der Waals surface area contributed by atoms with Gasteiger partial charge in [-0.1, -0.05) is 19.1 Å². The van der Waals surface area contributed by atoms with Gasteiger partial charge in [0.1, 0.15) is 0 Å². The number of nitrogens with one attached hydrogen (secondary N) is 1. The molecule has 2 aromatic rings. The summed E-state index contributed by atoms with van der Waals surface area (Å²) in [6.07, 6.45) is 0.939. The van der Waals surface area contributed by atoms with Crippen LogP contribution in [-0.2, 0) is 27.5 Å². The molecule has 0 aromatic heterocycles. The van der Waals surface area contributed by atoms with Crippen LogP contribution >= 0.6 is 0 Å². The molecule has 1 amide bonds. The van der Waals surface area contributed by atoms with Crippen molar-refractivity contribution in [3.05, 3.63) is 59.2 Å². The van der Waals surface area contributed by atoms with Crippen LogP contribution in [0, 0.1) is 0 Å². The average molecular weight is 472 g/mol. The number of carbonyl (C=O) groups is 1. The van der Waals surface area contributed by atoms with Gasteiger partial charge in [-0.2, -0.15) is 0 Å². The Bertz CT molecular complexity index is 1080. The number of ether oxygens (including phenoxy) is 1. The Morgan fingerprint density at radius 2 is 1.82 bits per heavy atom. The van der Waals surface area contributed by atoms with Gasteiger partial charge in [-0.25, -0.2) is 8.42 Å². The van der Waals surface area contributed by atoms with Gasteiger partial charge in [0.15, 0.2) is 9.84 Å². The molecule has 33 heavy (non-hydrogen) atoms. The van der Waals surface area contributed by atoms with E-state index in [1.165, 1.54) is 11.3 Å². The third kappa shape index (κ3) is 5.39. The monoisotopic (exact) mass is 471 g/mol. The lowest BCUT2D eigenvalue weighted by molar-refractivity contribution is 0.0353. The fourth-order valence-corrected chi connectivity index (χ4v) is 5.55. The van der Waals surface area contributed by atoms with Crippen molar-refractivity contribution in [3.63, 3.8) is 0 Å². The van der Waals surface area contributed by atoms with Gasteiger partial charge in [-0.3, -0.25) is 9.69 Å². The molecule has 2 aliphatic rings. The Morgan fingerprint density at radius 1 is 1.09 bits per heavy atom. The quantitative estimate of drug-likeness (QED) is 0.637. The van der Waals surface area contributed by atoms with Crippen molar-refractivity contribution in [1.29, 1.82) is 0 Å². The maximum atomic E-state index is 12.8. The van der Waals surface area contributed by atoms with Crippen LogP contribution in [0.25, 0.3) is 0 Å². The predicted octanol–water partition coefficient (Wildman–Crippen LogP) is 2.49. The second-order valence-electron chi connectivity index (χ2n) is 8.63. The number of sulfone groups is 1. The highest BCUT2D eigenvalue weighted by Gasteiger charge is 2.30. The molecule has 0 saturated carbocycles. The van der Waals surface area contributed by atoms with E-state index in [4.69, 9.17) is 4.74 Å². The standard InChI is InChI=1S/C25H33N3O4S/c1-3-28-22(18-27-11-13-32-14-12-27)16-21-15-20(7-10-24(21)28)25(29)26-17-19-5-8-23(9-6-19)33(30,31)4-2/h5-10,15,22H,3-4,11-14,16-18H2,1-2H3,(H,26,29). The molecule has 4 rings (SSSR count). The number of amides is 1. The van der Waals surface area contributed by atoms with Crippen molar-refractivity contribution < 1.29 is 17.9 Å². The SMILES string of the molecule is CCN1c2ccc(C(=O)NCc3ccc(S(=O)(=O)CC)cc3)cc2CC1CN1CCOCC1. The maximum absolute atomic E-state index is 12.8. The van der Waals surface area contributed by atoms with E-state index in [9.17, 15) is 13.2 Å². The van der Waals surface area contributed by atoms with Crippen molar-refractivity contribution >= 4 is 21.4 Å². The highest BCUT2D eigenvalue weighted by Crippen LogP contribution is 2.33. The lowest BCUT2D eigenvalue weighted by atomic mass is 10.1. The summed E-state index contributed by atoms with van der Waals surface area (Å²) in [6.45, 7) is 9.66. The van der Waals surface area contributed by atoms with Crippen LogP contribution in [0.15, 0.2) is 47.4 Å². The lowest BCUT2D eigenvalue weighted by Crippen LogP contribution is -2.46. The van der Waals surface area contributed by atoms with E-state index < -0.39 is 9.84 Å². The van der Waals surface area contributed by atoms with Gasteiger partial charge in [0, 0.05) is 50.0 Å². The number of anilines is 1. The molecule has 1 unspecified atom stereocenters. The third-order valence-electron chi connectivity index (χ3n) is 6.58. The van der Waals surface area contributed by atoms with Gasteiger partial charge in [-0.05, 0) is 54.8 Å². The summed E-state index contributed by atoms with van der Waals surface area (Å²) < 4.78 is 29.4. The maximum Gasteiger partial charge on any atom is 0.251 e. The topological polar surface area (TPSA) is 79.0 Å². The van der Waals surface area contributed by atoms with E-state index in [0.717, 1.165) is 51.4 Å². The Kier molecular flexibility index (Phi) is 7.36. The van der Waals surface area contributed by atoms with E-state index in [1.54, 1.807) is 31.2 Å². The highest BCUT2D eigenvalue weighted by molar-refractivity contribution is 7.91. The smallest absolute Gasteiger partial charge is 0.251 e. The van der Waals surface area contributed by atoms with E-state index >= 15 is 0 Å². The van der Waals surface area contributed by atoms with Crippen LogP contribution in [-0.4, -0.2) is 70.4 Å². The molecule has 1 atom stereocenters. The van der Waals surface area contributed by atoms with Crippen molar-refractivity contribution in [3.8, 4) is 0 Å². The number of fused-ring (bicyclic) bond motifs is 1. The zero-order valence-electron chi connectivity index (χ0n) is 19.4. The first kappa shape index (κ1) is 23.7. The number of rotatable bonds is 8. The molecule has 8 heteroatoms. The van der Waals surface area contributed by atoms with Crippen molar-refractivity contribution in [2.24, 2.45) is 0 Å². The molecule has 2 aliphatic heterocycles. The molecule has 7 nitrogen and oxygen atoms in total. The van der Waals surface area contributed by atoms with Crippen LogP contribution in [0.4, 0.5) is 5.69 Å². The summed E-state index contributed by atoms with van der Waals surface area (Å²) >= 11 is 0.